The van der Waals surface area contributed by atoms with Gasteiger partial charge in [0.2, 0.25) is 5.91 Å². The summed E-state index contributed by atoms with van der Waals surface area (Å²) < 4.78 is 0. The highest BCUT2D eigenvalue weighted by atomic mass is 16.4. The molecular weight excluding hydrogens is 256 g/mol. The van der Waals surface area contributed by atoms with Crippen LogP contribution in [0, 0.1) is 5.92 Å². The second kappa shape index (κ2) is 7.65. The number of nitrogens with two attached hydrogens (primary N) is 1. The van der Waals surface area contributed by atoms with Gasteiger partial charge in [-0.3, -0.25) is 4.79 Å². The number of carboxylic acids is 1. The molecule has 1 amide bonds. The molecule has 3 atom stereocenters. The lowest BCUT2D eigenvalue weighted by Crippen LogP contribution is -2.45. The molecule has 5 heteroatoms. The minimum absolute atomic E-state index is 0.0736. The number of carbonyl (C=O) groups excluding carboxylic acids is 1. The number of rotatable bonds is 7. The number of carboxylic acid groups (broad SMARTS) is 1. The first-order chi connectivity index (χ1) is 9.45. The fraction of sp³-hybridized carbons (Fsp3) is 0.467. The molecular formula is C15H22N2O3. The molecule has 4 N–H and O–H groups in total. The molecule has 0 aromatic heterocycles. The number of amides is 1. The number of aliphatic carboxylic acids is 1. The zero-order valence-electron chi connectivity index (χ0n) is 11.9. The molecule has 1 rings (SSSR count). The van der Waals surface area contributed by atoms with Crippen molar-refractivity contribution >= 4 is 11.9 Å². The smallest absolute Gasteiger partial charge is 0.326 e. The Labute approximate surface area is 119 Å². The van der Waals surface area contributed by atoms with Crippen LogP contribution in [-0.4, -0.2) is 23.0 Å². The maximum absolute atomic E-state index is 11.9. The highest BCUT2D eigenvalue weighted by Crippen LogP contribution is 2.14. The highest BCUT2D eigenvalue weighted by molar-refractivity contribution is 5.84. The molecule has 0 aliphatic rings. The Balaban J connectivity index is 2.60. The highest BCUT2D eigenvalue weighted by Gasteiger charge is 2.25. The average molecular weight is 278 g/mol. The molecule has 0 saturated carbocycles. The van der Waals surface area contributed by atoms with Gasteiger partial charge in [0.25, 0.3) is 0 Å². The topological polar surface area (TPSA) is 92.4 Å². The molecule has 5 nitrogen and oxygen atoms in total. The molecule has 0 aliphatic carbocycles. The fourth-order valence-corrected chi connectivity index (χ4v) is 1.93. The van der Waals surface area contributed by atoms with E-state index < -0.39 is 18.1 Å². The van der Waals surface area contributed by atoms with Gasteiger partial charge in [0.05, 0.1) is 0 Å². The first kappa shape index (κ1) is 16.2. The van der Waals surface area contributed by atoms with E-state index >= 15 is 0 Å². The molecule has 0 bridgehead atoms. The summed E-state index contributed by atoms with van der Waals surface area (Å²) in [7, 11) is 0. The Bertz CT molecular complexity index is 448. The standard InChI is InChI=1S/C15H22N2O3/c1-3-10(2)14(15(19)20)17-13(18)9-12(16)11-7-5-4-6-8-11/h4-8,10,12,14H,3,9,16H2,1-2H3,(H,17,18)(H,19,20). The summed E-state index contributed by atoms with van der Waals surface area (Å²) in [5.41, 5.74) is 6.81. The van der Waals surface area contributed by atoms with Gasteiger partial charge in [-0.15, -0.1) is 0 Å². The van der Waals surface area contributed by atoms with Crippen molar-refractivity contribution in [2.24, 2.45) is 11.7 Å². The molecule has 0 radical (unpaired) electrons. The van der Waals surface area contributed by atoms with Gasteiger partial charge in [-0.25, -0.2) is 4.79 Å². The van der Waals surface area contributed by atoms with Crippen LogP contribution in [0.3, 0.4) is 0 Å². The van der Waals surface area contributed by atoms with E-state index in [9.17, 15) is 9.59 Å². The van der Waals surface area contributed by atoms with Gasteiger partial charge in [0.1, 0.15) is 6.04 Å². The van der Waals surface area contributed by atoms with Crippen LogP contribution < -0.4 is 11.1 Å². The molecule has 0 saturated heterocycles. The summed E-state index contributed by atoms with van der Waals surface area (Å²) >= 11 is 0. The maximum atomic E-state index is 11.9. The molecule has 20 heavy (non-hydrogen) atoms. The number of hydrogen-bond donors (Lipinski definition) is 3. The molecule has 1 aromatic rings. The lowest BCUT2D eigenvalue weighted by Gasteiger charge is -2.21. The Hall–Kier alpha value is -1.88. The van der Waals surface area contributed by atoms with Crippen LogP contribution in [0.25, 0.3) is 0 Å². The van der Waals surface area contributed by atoms with Gasteiger partial charge < -0.3 is 16.2 Å². The molecule has 0 aliphatic heterocycles. The van der Waals surface area contributed by atoms with Crippen molar-refractivity contribution in [1.82, 2.24) is 5.32 Å². The van der Waals surface area contributed by atoms with Gasteiger partial charge in [0.15, 0.2) is 0 Å². The van der Waals surface area contributed by atoms with E-state index in [0.717, 1.165) is 5.56 Å². The second-order valence-corrected chi connectivity index (χ2v) is 4.99. The van der Waals surface area contributed by atoms with Crippen LogP contribution in [0.5, 0.6) is 0 Å². The lowest BCUT2D eigenvalue weighted by molar-refractivity contribution is -0.143. The predicted octanol–water partition coefficient (Wildman–Crippen LogP) is 1.69. The summed E-state index contributed by atoms with van der Waals surface area (Å²) in [4.78, 5) is 23.1. The van der Waals surface area contributed by atoms with Gasteiger partial charge in [-0.2, -0.15) is 0 Å². The van der Waals surface area contributed by atoms with E-state index in [1.807, 2.05) is 37.3 Å². The monoisotopic (exact) mass is 278 g/mol. The molecule has 3 unspecified atom stereocenters. The maximum Gasteiger partial charge on any atom is 0.326 e. The lowest BCUT2D eigenvalue weighted by atomic mass is 9.98. The van der Waals surface area contributed by atoms with Crippen molar-refractivity contribution in [3.63, 3.8) is 0 Å². The zero-order valence-corrected chi connectivity index (χ0v) is 11.9. The Morgan fingerprint density at radius 1 is 1.30 bits per heavy atom. The summed E-state index contributed by atoms with van der Waals surface area (Å²) in [6.45, 7) is 3.69. The normalized spacial score (nSPS) is 15.2. The van der Waals surface area contributed by atoms with Crippen molar-refractivity contribution < 1.29 is 14.7 Å². The molecule has 110 valence electrons. The average Bonchev–Trinajstić information content (AvgIpc) is 2.44. The molecule has 0 spiro atoms. The second-order valence-electron chi connectivity index (χ2n) is 4.99. The van der Waals surface area contributed by atoms with Crippen LogP contribution in [0.4, 0.5) is 0 Å². The third-order valence-electron chi connectivity index (χ3n) is 3.43. The number of nitrogens with one attached hydrogen (secondary N) is 1. The van der Waals surface area contributed by atoms with Crippen LogP contribution in [0.15, 0.2) is 30.3 Å². The van der Waals surface area contributed by atoms with Crippen molar-refractivity contribution in [3.8, 4) is 0 Å². The SMILES string of the molecule is CCC(C)C(NC(=O)CC(N)c1ccccc1)C(=O)O. The van der Waals surface area contributed by atoms with E-state index in [2.05, 4.69) is 5.32 Å². The third kappa shape index (κ3) is 4.66. The van der Waals surface area contributed by atoms with E-state index in [1.165, 1.54) is 0 Å². The van der Waals surface area contributed by atoms with E-state index in [-0.39, 0.29) is 18.2 Å². The summed E-state index contributed by atoms with van der Waals surface area (Å²) in [6, 6.07) is 7.99. The van der Waals surface area contributed by atoms with Crippen LogP contribution >= 0.6 is 0 Å². The van der Waals surface area contributed by atoms with Gasteiger partial charge in [0, 0.05) is 12.5 Å². The number of benzene rings is 1. The summed E-state index contributed by atoms with van der Waals surface area (Å²) in [5, 5.41) is 11.7. The van der Waals surface area contributed by atoms with E-state index in [0.29, 0.717) is 6.42 Å². The molecule has 1 aromatic carbocycles. The number of carbonyl (C=O) groups is 2. The summed E-state index contributed by atoms with van der Waals surface area (Å²) in [6.07, 6.45) is 0.756. The Kier molecular flexibility index (Phi) is 6.18. The predicted molar refractivity (Wildman–Crippen MR) is 77.0 cm³/mol. The molecule has 0 heterocycles. The van der Waals surface area contributed by atoms with Crippen molar-refractivity contribution in [2.45, 2.75) is 38.8 Å². The summed E-state index contributed by atoms with van der Waals surface area (Å²) in [5.74, 6) is -1.47. The van der Waals surface area contributed by atoms with Crippen LogP contribution in [-0.2, 0) is 9.59 Å². The number of hydrogen-bond acceptors (Lipinski definition) is 3. The van der Waals surface area contributed by atoms with Gasteiger partial charge >= 0.3 is 5.97 Å². The Morgan fingerprint density at radius 2 is 1.90 bits per heavy atom. The molecule has 0 fully saturated rings. The van der Waals surface area contributed by atoms with Crippen LogP contribution in [0.2, 0.25) is 0 Å². The first-order valence-electron chi connectivity index (χ1n) is 6.78. The van der Waals surface area contributed by atoms with Gasteiger partial charge in [-0.05, 0) is 11.5 Å². The fourth-order valence-electron chi connectivity index (χ4n) is 1.93. The van der Waals surface area contributed by atoms with E-state index in [1.54, 1.807) is 6.92 Å². The van der Waals surface area contributed by atoms with Crippen molar-refractivity contribution in [3.05, 3.63) is 35.9 Å². The first-order valence-corrected chi connectivity index (χ1v) is 6.78. The Morgan fingerprint density at radius 3 is 2.40 bits per heavy atom. The van der Waals surface area contributed by atoms with E-state index in [4.69, 9.17) is 10.8 Å². The van der Waals surface area contributed by atoms with Gasteiger partial charge in [-0.1, -0.05) is 50.6 Å². The third-order valence-corrected chi connectivity index (χ3v) is 3.43. The quantitative estimate of drug-likeness (QED) is 0.707. The zero-order chi connectivity index (χ0) is 15.1. The van der Waals surface area contributed by atoms with Crippen molar-refractivity contribution in [1.29, 1.82) is 0 Å². The minimum atomic E-state index is -1.01. The largest absolute Gasteiger partial charge is 0.480 e. The minimum Gasteiger partial charge on any atom is -0.480 e. The van der Waals surface area contributed by atoms with Crippen LogP contribution in [0.1, 0.15) is 38.3 Å². The van der Waals surface area contributed by atoms with Crippen molar-refractivity contribution in [2.75, 3.05) is 0 Å².